The van der Waals surface area contributed by atoms with Crippen molar-refractivity contribution in [2.24, 2.45) is 0 Å². The average Bonchev–Trinajstić information content (AvgIpc) is 3.23. The van der Waals surface area contributed by atoms with Gasteiger partial charge in [0.2, 0.25) is 0 Å². The van der Waals surface area contributed by atoms with Crippen molar-refractivity contribution in [3.05, 3.63) is 40.4 Å². The molecule has 4 N–H and O–H groups in total. The molecule has 0 aliphatic carbocycles. The lowest BCUT2D eigenvalue weighted by Crippen LogP contribution is -2.45. The number of carboxylic acid groups (broad SMARTS) is 1. The first-order valence-electron chi connectivity index (χ1n) is 11.0. The molecule has 2 aromatic heterocycles. The van der Waals surface area contributed by atoms with Crippen LogP contribution < -0.4 is 16.2 Å². The Hall–Kier alpha value is -2.98. The summed E-state index contributed by atoms with van der Waals surface area (Å²) < 4.78 is 1.00. The first kappa shape index (κ1) is 20.9. The Morgan fingerprint density at radius 2 is 2.00 bits per heavy atom. The van der Waals surface area contributed by atoms with Crippen molar-refractivity contribution in [2.75, 3.05) is 31.5 Å². The number of rotatable bonds is 4. The van der Waals surface area contributed by atoms with Crippen LogP contribution in [0.4, 0.5) is 10.6 Å². The number of likely N-dealkylation sites (tertiary alicyclic amines) is 1. The molecule has 10 heteroatoms. The van der Waals surface area contributed by atoms with E-state index in [1.165, 1.54) is 16.2 Å². The molecular formula is C22H26N6O3S. The molecule has 3 aromatic rings. The van der Waals surface area contributed by atoms with E-state index in [0.717, 1.165) is 49.0 Å². The van der Waals surface area contributed by atoms with Crippen molar-refractivity contribution < 1.29 is 9.90 Å². The van der Waals surface area contributed by atoms with Gasteiger partial charge in [0.05, 0.1) is 10.2 Å². The zero-order valence-corrected chi connectivity index (χ0v) is 18.5. The topological polar surface area (TPSA) is 123 Å². The van der Waals surface area contributed by atoms with Crippen LogP contribution in [0.2, 0.25) is 0 Å². The molecular weight excluding hydrogens is 428 g/mol. The van der Waals surface area contributed by atoms with Gasteiger partial charge in [0.15, 0.2) is 0 Å². The summed E-state index contributed by atoms with van der Waals surface area (Å²) in [5.74, 6) is 1.38. The van der Waals surface area contributed by atoms with Gasteiger partial charge in [-0.3, -0.25) is 4.79 Å². The standard InChI is InChI=1S/C22H26N6O3S/c29-20-17(21-25-15-5-1-2-6-16(15)32-21)19(24-14-4-3-11-28(12-14)22(30)31)26-18(27-20)13-7-9-23-10-8-13/h1-2,5-6,13-14,23H,3-4,7-12H2,(H,30,31)(H2,24,26,27,29)/t14-/m1/s1. The Balaban J connectivity index is 1.55. The molecule has 2 fully saturated rings. The van der Waals surface area contributed by atoms with E-state index in [1.54, 1.807) is 0 Å². The number of nitrogens with zero attached hydrogens (tertiary/aromatic N) is 3. The van der Waals surface area contributed by atoms with Gasteiger partial charge in [-0.15, -0.1) is 11.3 Å². The zero-order valence-electron chi connectivity index (χ0n) is 17.6. The normalized spacial score (nSPS) is 19.9. The molecule has 9 nitrogen and oxygen atoms in total. The Kier molecular flexibility index (Phi) is 5.79. The number of nitrogens with one attached hydrogen (secondary N) is 3. The smallest absolute Gasteiger partial charge is 0.407 e. The highest BCUT2D eigenvalue weighted by molar-refractivity contribution is 7.21. The molecule has 32 heavy (non-hydrogen) atoms. The second-order valence-corrected chi connectivity index (χ2v) is 9.43. The van der Waals surface area contributed by atoms with Gasteiger partial charge < -0.3 is 25.6 Å². The van der Waals surface area contributed by atoms with Gasteiger partial charge in [0.1, 0.15) is 22.2 Å². The van der Waals surface area contributed by atoms with E-state index in [0.29, 0.717) is 35.3 Å². The van der Waals surface area contributed by atoms with Gasteiger partial charge in [0, 0.05) is 25.0 Å². The quantitative estimate of drug-likeness (QED) is 0.478. The van der Waals surface area contributed by atoms with Crippen molar-refractivity contribution in [2.45, 2.75) is 37.6 Å². The number of para-hydroxylation sites is 1. The first-order chi connectivity index (χ1) is 15.6. The molecule has 0 saturated carbocycles. The Morgan fingerprint density at radius 1 is 1.19 bits per heavy atom. The number of piperidine rings is 2. The molecule has 5 rings (SSSR count). The summed E-state index contributed by atoms with van der Waals surface area (Å²) in [6, 6.07) is 7.69. The van der Waals surface area contributed by atoms with E-state index in [2.05, 4.69) is 20.6 Å². The number of fused-ring (bicyclic) bond motifs is 1. The number of thiazole rings is 1. The largest absolute Gasteiger partial charge is 0.465 e. The number of aromatic amines is 1. The average molecular weight is 455 g/mol. The molecule has 1 aromatic carbocycles. The molecule has 2 saturated heterocycles. The lowest BCUT2D eigenvalue weighted by atomic mass is 9.97. The predicted molar refractivity (Wildman–Crippen MR) is 125 cm³/mol. The van der Waals surface area contributed by atoms with Gasteiger partial charge in [-0.2, -0.15) is 0 Å². The van der Waals surface area contributed by atoms with Crippen molar-refractivity contribution in [3.8, 4) is 10.6 Å². The summed E-state index contributed by atoms with van der Waals surface area (Å²) in [6.45, 7) is 2.69. The zero-order chi connectivity index (χ0) is 22.1. The van der Waals surface area contributed by atoms with Crippen LogP contribution in [0.1, 0.15) is 37.4 Å². The van der Waals surface area contributed by atoms with Crippen molar-refractivity contribution in [1.29, 1.82) is 0 Å². The van der Waals surface area contributed by atoms with Crippen molar-refractivity contribution in [3.63, 3.8) is 0 Å². The number of anilines is 1. The van der Waals surface area contributed by atoms with Gasteiger partial charge in [-0.25, -0.2) is 14.8 Å². The van der Waals surface area contributed by atoms with Crippen molar-refractivity contribution >= 4 is 33.5 Å². The Labute approximate surface area is 188 Å². The van der Waals surface area contributed by atoms with E-state index in [1.807, 2.05) is 24.3 Å². The lowest BCUT2D eigenvalue weighted by molar-refractivity contribution is 0.133. The van der Waals surface area contributed by atoms with E-state index >= 15 is 0 Å². The summed E-state index contributed by atoms with van der Waals surface area (Å²) in [5.41, 5.74) is 1.06. The minimum atomic E-state index is -0.919. The summed E-state index contributed by atoms with van der Waals surface area (Å²) in [7, 11) is 0. The van der Waals surface area contributed by atoms with Crippen LogP contribution in [0.15, 0.2) is 29.1 Å². The number of carbonyl (C=O) groups is 1. The molecule has 2 aliphatic heterocycles. The van der Waals surface area contributed by atoms with Gasteiger partial charge >= 0.3 is 6.09 Å². The second-order valence-electron chi connectivity index (χ2n) is 8.40. The minimum absolute atomic E-state index is 0.108. The van der Waals surface area contributed by atoms with Crippen LogP contribution in [-0.4, -0.2) is 63.3 Å². The Morgan fingerprint density at radius 3 is 2.78 bits per heavy atom. The second kappa shape index (κ2) is 8.87. The molecule has 0 unspecified atom stereocenters. The van der Waals surface area contributed by atoms with Crippen LogP contribution in [-0.2, 0) is 0 Å². The van der Waals surface area contributed by atoms with Gasteiger partial charge in [-0.05, 0) is 50.9 Å². The monoisotopic (exact) mass is 454 g/mol. The third kappa shape index (κ3) is 4.20. The van der Waals surface area contributed by atoms with Crippen LogP contribution in [0.3, 0.4) is 0 Å². The van der Waals surface area contributed by atoms with Crippen LogP contribution in [0.25, 0.3) is 20.8 Å². The predicted octanol–water partition coefficient (Wildman–Crippen LogP) is 3.07. The van der Waals surface area contributed by atoms with Gasteiger partial charge in [-0.1, -0.05) is 12.1 Å². The SMILES string of the molecule is O=C(O)N1CCC[C@@H](Nc2nc(C3CCNCC3)[nH]c(=O)c2-c2nc3ccccc3s2)C1. The summed E-state index contributed by atoms with van der Waals surface area (Å²) in [5, 5.41) is 16.8. The van der Waals surface area contributed by atoms with Crippen LogP contribution in [0.5, 0.6) is 0 Å². The third-order valence-corrected chi connectivity index (χ3v) is 7.26. The van der Waals surface area contributed by atoms with Crippen LogP contribution in [0, 0.1) is 0 Å². The molecule has 168 valence electrons. The highest BCUT2D eigenvalue weighted by atomic mass is 32.1. The number of hydrogen-bond donors (Lipinski definition) is 4. The summed E-state index contributed by atoms with van der Waals surface area (Å²) in [4.78, 5) is 38.8. The number of amides is 1. The maximum absolute atomic E-state index is 13.3. The van der Waals surface area contributed by atoms with Gasteiger partial charge in [0.25, 0.3) is 5.56 Å². The number of hydrogen-bond acceptors (Lipinski definition) is 7. The van der Waals surface area contributed by atoms with Crippen LogP contribution >= 0.6 is 11.3 Å². The fraction of sp³-hybridized carbons (Fsp3) is 0.455. The Bertz CT molecular complexity index is 1150. The maximum Gasteiger partial charge on any atom is 0.407 e. The summed E-state index contributed by atoms with van der Waals surface area (Å²) in [6.07, 6.45) is 2.50. The van der Waals surface area contributed by atoms with E-state index in [4.69, 9.17) is 4.98 Å². The number of H-pyrrole nitrogens is 1. The van der Waals surface area contributed by atoms with E-state index in [9.17, 15) is 14.7 Å². The highest BCUT2D eigenvalue weighted by Crippen LogP contribution is 2.33. The maximum atomic E-state index is 13.3. The minimum Gasteiger partial charge on any atom is -0.465 e. The number of benzene rings is 1. The lowest BCUT2D eigenvalue weighted by Gasteiger charge is -2.32. The van der Waals surface area contributed by atoms with Crippen molar-refractivity contribution in [1.82, 2.24) is 25.2 Å². The summed E-state index contributed by atoms with van der Waals surface area (Å²) >= 11 is 1.46. The van der Waals surface area contributed by atoms with E-state index < -0.39 is 6.09 Å². The molecule has 1 amide bonds. The third-order valence-electron chi connectivity index (χ3n) is 6.20. The molecule has 0 bridgehead atoms. The molecule has 4 heterocycles. The fourth-order valence-corrected chi connectivity index (χ4v) is 5.53. The molecule has 0 radical (unpaired) electrons. The fourth-order valence-electron chi connectivity index (χ4n) is 4.52. The highest BCUT2D eigenvalue weighted by Gasteiger charge is 2.27. The first-order valence-corrected chi connectivity index (χ1v) is 11.9. The van der Waals surface area contributed by atoms with E-state index in [-0.39, 0.29) is 17.5 Å². The molecule has 1 atom stereocenters. The number of aromatic nitrogens is 3. The molecule has 0 spiro atoms. The molecule has 2 aliphatic rings.